The van der Waals surface area contributed by atoms with Crippen LogP contribution in [0.5, 0.6) is 0 Å². The zero-order chi connectivity index (χ0) is 17.7. The van der Waals surface area contributed by atoms with Crippen LogP contribution < -0.4 is 33.1 Å². The number of hydrogen-bond acceptors (Lipinski definition) is 3. The minimum atomic E-state index is -0.415. The monoisotopic (exact) mass is 333 g/mol. The number of quaternary nitrogens is 1. The Kier molecular flexibility index (Phi) is 5.54. The molecule has 1 amide bonds. The molecule has 0 saturated carbocycles. The third-order valence-corrected chi connectivity index (χ3v) is 3.65. The summed E-state index contributed by atoms with van der Waals surface area (Å²) in [5, 5.41) is 3.62. The van der Waals surface area contributed by atoms with Crippen LogP contribution in [0.4, 0.5) is 5.69 Å². The Balaban J connectivity index is 2.02. The lowest BCUT2D eigenvalue weighted by molar-refractivity contribution is -0.463. The van der Waals surface area contributed by atoms with Crippen molar-refractivity contribution in [3.05, 3.63) is 40.2 Å². The summed E-state index contributed by atoms with van der Waals surface area (Å²) in [6.45, 7) is 2.42. The standard InChI is InChI=1S/C16H21N5O3/c1-9-7-14(22)24-13-8-10(4-5-11(9)13)21-15(23)12(17)3-2-6-20-16(18)19/h4-5,7-8,12H,2-3,6,17H2,1H3,(H,21,23)(H4,18,19,20)/p+2/t12-/m0/s1. The van der Waals surface area contributed by atoms with E-state index in [2.05, 4.69) is 16.0 Å². The van der Waals surface area contributed by atoms with Gasteiger partial charge >= 0.3 is 11.6 Å². The van der Waals surface area contributed by atoms with Gasteiger partial charge in [0.15, 0.2) is 6.04 Å². The van der Waals surface area contributed by atoms with Crippen molar-refractivity contribution in [2.24, 2.45) is 11.5 Å². The van der Waals surface area contributed by atoms with Gasteiger partial charge in [-0.1, -0.05) is 0 Å². The molecule has 1 aromatic heterocycles. The topological polar surface area (TPSA) is 153 Å². The number of fused-ring (bicyclic) bond motifs is 1. The molecule has 0 spiro atoms. The van der Waals surface area contributed by atoms with Crippen molar-refractivity contribution < 1.29 is 19.9 Å². The van der Waals surface area contributed by atoms with Crippen molar-refractivity contribution in [1.29, 1.82) is 0 Å². The molecular formula is C16H23N5O3+2. The van der Waals surface area contributed by atoms with Crippen LogP contribution in [0.25, 0.3) is 11.0 Å². The summed E-state index contributed by atoms with van der Waals surface area (Å²) in [4.78, 5) is 26.4. The molecule has 1 aromatic carbocycles. The molecule has 24 heavy (non-hydrogen) atoms. The summed E-state index contributed by atoms with van der Waals surface area (Å²) in [6.07, 6.45) is 1.30. The van der Waals surface area contributed by atoms with Gasteiger partial charge in [0.05, 0.1) is 6.54 Å². The number of carbonyl (C=O) groups is 1. The fourth-order valence-electron chi connectivity index (χ4n) is 2.36. The van der Waals surface area contributed by atoms with Crippen LogP contribution in [0, 0.1) is 6.92 Å². The van der Waals surface area contributed by atoms with Crippen LogP contribution in [0.1, 0.15) is 18.4 Å². The highest BCUT2D eigenvalue weighted by Crippen LogP contribution is 2.20. The Labute approximate surface area is 138 Å². The second-order valence-electron chi connectivity index (χ2n) is 5.67. The summed E-state index contributed by atoms with van der Waals surface area (Å²) >= 11 is 0. The minimum absolute atomic E-state index is 0.160. The number of benzene rings is 1. The number of nitrogens with two attached hydrogens (primary N) is 2. The first-order valence-electron chi connectivity index (χ1n) is 7.67. The molecule has 0 bridgehead atoms. The van der Waals surface area contributed by atoms with Crippen molar-refractivity contribution in [3.63, 3.8) is 0 Å². The lowest BCUT2D eigenvalue weighted by Crippen LogP contribution is -2.78. The molecule has 0 aliphatic carbocycles. The maximum Gasteiger partial charge on any atom is 0.338 e. The number of carbonyl (C=O) groups excluding carboxylic acids is 1. The first-order chi connectivity index (χ1) is 11.4. The highest BCUT2D eigenvalue weighted by atomic mass is 16.4. The van der Waals surface area contributed by atoms with Crippen LogP contribution in [0.15, 0.2) is 33.5 Å². The molecule has 8 heteroatoms. The maximum atomic E-state index is 12.2. The maximum absolute atomic E-state index is 12.2. The van der Waals surface area contributed by atoms with E-state index in [1.54, 1.807) is 12.1 Å². The Bertz CT molecular complexity index is 824. The number of nitrogens with one attached hydrogen (secondary N) is 2. The molecule has 0 saturated heterocycles. The van der Waals surface area contributed by atoms with E-state index in [-0.39, 0.29) is 11.9 Å². The quantitative estimate of drug-likeness (QED) is 0.175. The van der Waals surface area contributed by atoms with E-state index in [4.69, 9.17) is 15.9 Å². The summed E-state index contributed by atoms with van der Waals surface area (Å²) in [6, 6.07) is 6.24. The molecule has 1 heterocycles. The molecule has 128 valence electrons. The third kappa shape index (κ3) is 4.56. The molecule has 9 N–H and O–H groups in total. The smallest absolute Gasteiger partial charge is 0.338 e. The molecule has 2 rings (SSSR count). The zero-order valence-electron chi connectivity index (χ0n) is 13.6. The number of guanidine groups is 1. The molecule has 8 nitrogen and oxygen atoms in total. The largest absolute Gasteiger partial charge is 0.423 e. The number of aryl methyl sites for hydroxylation is 1. The first kappa shape index (κ1) is 17.5. The average Bonchev–Trinajstić information content (AvgIpc) is 2.50. The molecule has 0 aliphatic rings. The van der Waals surface area contributed by atoms with E-state index >= 15 is 0 Å². The predicted octanol–water partition coefficient (Wildman–Crippen LogP) is -2.22. The minimum Gasteiger partial charge on any atom is -0.423 e. The van der Waals surface area contributed by atoms with E-state index < -0.39 is 11.7 Å². The zero-order valence-corrected chi connectivity index (χ0v) is 13.6. The van der Waals surface area contributed by atoms with Crippen molar-refractivity contribution in [2.45, 2.75) is 25.8 Å². The van der Waals surface area contributed by atoms with Crippen LogP contribution in [-0.4, -0.2) is 24.5 Å². The van der Waals surface area contributed by atoms with Gasteiger partial charge in [-0.25, -0.2) is 4.79 Å². The van der Waals surface area contributed by atoms with E-state index in [1.165, 1.54) is 6.07 Å². The summed E-state index contributed by atoms with van der Waals surface area (Å²) in [5.41, 5.74) is 15.9. The Hall–Kier alpha value is -2.87. The van der Waals surface area contributed by atoms with Crippen molar-refractivity contribution in [1.82, 2.24) is 0 Å². The van der Waals surface area contributed by atoms with Gasteiger partial charge in [0.1, 0.15) is 5.58 Å². The van der Waals surface area contributed by atoms with Gasteiger partial charge < -0.3 is 15.5 Å². The van der Waals surface area contributed by atoms with Gasteiger partial charge in [-0.2, -0.15) is 0 Å². The summed E-state index contributed by atoms with van der Waals surface area (Å²) in [5.74, 6) is -0.0398. The number of amides is 1. The molecule has 1 atom stereocenters. The van der Waals surface area contributed by atoms with Crippen molar-refractivity contribution in [3.8, 4) is 0 Å². The predicted molar refractivity (Wildman–Crippen MR) is 91.0 cm³/mol. The van der Waals surface area contributed by atoms with Crippen LogP contribution in [0.3, 0.4) is 0 Å². The Morgan fingerprint density at radius 2 is 2.12 bits per heavy atom. The number of rotatable bonds is 6. The SMILES string of the molecule is Cc1cc(=O)oc2cc(NC(=O)[C@@H]([NH3+])CCC[NH+]=C(N)N)ccc12. The van der Waals surface area contributed by atoms with Gasteiger partial charge in [-0.05, 0) is 31.0 Å². The number of hydrogen-bond donors (Lipinski definition) is 5. The first-order valence-corrected chi connectivity index (χ1v) is 7.67. The van der Waals surface area contributed by atoms with E-state index in [0.717, 1.165) is 10.9 Å². The van der Waals surface area contributed by atoms with Gasteiger partial charge in [-0.3, -0.25) is 21.3 Å². The average molecular weight is 333 g/mol. The lowest BCUT2D eigenvalue weighted by atomic mass is 10.1. The van der Waals surface area contributed by atoms with Crippen LogP contribution >= 0.6 is 0 Å². The van der Waals surface area contributed by atoms with Crippen molar-refractivity contribution >= 4 is 28.5 Å². The summed E-state index contributed by atoms with van der Waals surface area (Å²) in [7, 11) is 0. The molecular weight excluding hydrogens is 310 g/mol. The van der Waals surface area contributed by atoms with Gasteiger partial charge in [-0.15, -0.1) is 0 Å². The second kappa shape index (κ2) is 7.60. The van der Waals surface area contributed by atoms with Gasteiger partial charge in [0, 0.05) is 29.6 Å². The van der Waals surface area contributed by atoms with Gasteiger partial charge in [0.25, 0.3) is 5.91 Å². The second-order valence-corrected chi connectivity index (χ2v) is 5.67. The molecule has 0 aliphatic heterocycles. The molecule has 2 aromatic rings. The van der Waals surface area contributed by atoms with E-state index in [1.807, 2.05) is 13.0 Å². The molecule has 0 unspecified atom stereocenters. The van der Waals surface area contributed by atoms with E-state index in [9.17, 15) is 9.59 Å². The van der Waals surface area contributed by atoms with Crippen molar-refractivity contribution in [2.75, 3.05) is 11.9 Å². The molecule has 0 fully saturated rings. The lowest BCUT2D eigenvalue weighted by Gasteiger charge is -2.10. The Morgan fingerprint density at radius 3 is 2.83 bits per heavy atom. The molecule has 0 radical (unpaired) electrons. The summed E-state index contributed by atoms with van der Waals surface area (Å²) < 4.78 is 5.17. The third-order valence-electron chi connectivity index (χ3n) is 3.65. The Morgan fingerprint density at radius 1 is 1.38 bits per heavy atom. The van der Waals surface area contributed by atoms with Gasteiger partial charge in [0.2, 0.25) is 0 Å². The number of anilines is 1. The fraction of sp³-hybridized carbons (Fsp3) is 0.312. The van der Waals surface area contributed by atoms with E-state index in [0.29, 0.717) is 30.7 Å². The van der Waals surface area contributed by atoms with Crippen LogP contribution in [-0.2, 0) is 4.79 Å². The highest BCUT2D eigenvalue weighted by molar-refractivity contribution is 5.95. The van der Waals surface area contributed by atoms with Crippen LogP contribution in [0.2, 0.25) is 0 Å². The highest BCUT2D eigenvalue weighted by Gasteiger charge is 2.17. The normalized spacial score (nSPS) is 11.9. The fourth-order valence-corrected chi connectivity index (χ4v) is 2.36.